The quantitative estimate of drug-likeness (QED) is 0.225. The van der Waals surface area contributed by atoms with Gasteiger partial charge < -0.3 is 20.5 Å². The van der Waals surface area contributed by atoms with Gasteiger partial charge in [0.1, 0.15) is 28.0 Å². The average Bonchev–Trinajstić information content (AvgIpc) is 3.28. The fraction of sp³-hybridized carbons (Fsp3) is 0.370. The van der Waals surface area contributed by atoms with Gasteiger partial charge in [0.15, 0.2) is 5.82 Å². The molecule has 0 saturated carbocycles. The Bertz CT molecular complexity index is 1530. The highest BCUT2D eigenvalue weighted by atomic mass is 35.5. The van der Waals surface area contributed by atoms with Gasteiger partial charge in [0.2, 0.25) is 5.88 Å². The average molecular weight is 604 g/mol. The molecule has 0 amide bonds. The molecule has 5 rings (SSSR count). The van der Waals surface area contributed by atoms with E-state index >= 15 is 4.39 Å². The molecule has 0 bridgehead atoms. The Labute approximate surface area is 244 Å². The van der Waals surface area contributed by atoms with Gasteiger partial charge in [-0.3, -0.25) is 9.88 Å². The molecular formula is C27H29ClF3N9O2. The fourth-order valence-electron chi connectivity index (χ4n) is 4.56. The minimum atomic E-state index is -2.80. The van der Waals surface area contributed by atoms with Gasteiger partial charge in [-0.05, 0) is 30.7 Å². The lowest BCUT2D eigenvalue weighted by atomic mass is 10.1. The number of nitrogens with one attached hydrogen (secondary N) is 1. The van der Waals surface area contributed by atoms with Crippen LogP contribution in [0.2, 0.25) is 5.15 Å². The van der Waals surface area contributed by atoms with Crippen LogP contribution in [0.5, 0.6) is 5.88 Å². The summed E-state index contributed by atoms with van der Waals surface area (Å²) in [5.74, 6) is 0.717. The molecule has 0 aromatic carbocycles. The smallest absolute Gasteiger partial charge is 0.345 e. The van der Waals surface area contributed by atoms with E-state index in [0.717, 1.165) is 0 Å². The number of alkyl halides is 2. The van der Waals surface area contributed by atoms with E-state index in [1.165, 1.54) is 12.3 Å². The lowest BCUT2D eigenvalue weighted by Crippen LogP contribution is -2.52. The van der Waals surface area contributed by atoms with Crippen LogP contribution >= 0.6 is 11.6 Å². The summed E-state index contributed by atoms with van der Waals surface area (Å²) in [6.07, 6.45) is 6.26. The number of anilines is 2. The summed E-state index contributed by atoms with van der Waals surface area (Å²) >= 11 is 6.17. The number of aromatic nitrogens is 6. The number of halogens is 4. The van der Waals surface area contributed by atoms with Gasteiger partial charge in [0, 0.05) is 69.0 Å². The molecule has 0 unspecified atom stereocenters. The molecule has 4 aromatic heterocycles. The van der Waals surface area contributed by atoms with Gasteiger partial charge in [-0.15, -0.1) is 0 Å². The SMILES string of the molecule is C[C@@H](CCOc1c(-c2nccc(N)n2)cnn1C)Nc1cc(Cl)ncc1-c1ncc(CN2CC(OC(F)F)C2)cc1F. The summed E-state index contributed by atoms with van der Waals surface area (Å²) in [5.41, 5.74) is 8.15. The standard InChI is InChI=1S/C27H29ClF3N9O2/c1-15(4-6-41-26-19(11-36-39(26)2)25-33-5-3-23(32)38-25)37-21-8-22(28)34-10-18(21)24-20(29)7-16(9-35-24)12-40-13-17(14-40)42-27(30)31/h3,5,7-11,15,17,27H,4,6,12-14H2,1-2H3,(H,34,37)(H2,32,33,38)/t15-/m0/s1. The number of nitrogens with zero attached hydrogens (tertiary/aromatic N) is 7. The molecule has 4 aromatic rings. The second-order valence-corrected chi connectivity index (χ2v) is 10.3. The maximum Gasteiger partial charge on any atom is 0.345 e. The number of nitrogen functional groups attached to an aromatic ring is 1. The van der Waals surface area contributed by atoms with Crippen molar-refractivity contribution in [3.63, 3.8) is 0 Å². The predicted molar refractivity (Wildman–Crippen MR) is 150 cm³/mol. The van der Waals surface area contributed by atoms with Crippen molar-refractivity contribution in [2.24, 2.45) is 7.05 Å². The van der Waals surface area contributed by atoms with Crippen molar-refractivity contribution < 1.29 is 22.6 Å². The Morgan fingerprint density at radius 2 is 1.95 bits per heavy atom. The van der Waals surface area contributed by atoms with Crippen LogP contribution in [0.3, 0.4) is 0 Å². The Morgan fingerprint density at radius 1 is 1.14 bits per heavy atom. The molecule has 42 heavy (non-hydrogen) atoms. The van der Waals surface area contributed by atoms with Gasteiger partial charge in [0.05, 0.1) is 18.9 Å². The predicted octanol–water partition coefficient (Wildman–Crippen LogP) is 4.40. The van der Waals surface area contributed by atoms with Crippen LogP contribution < -0.4 is 15.8 Å². The highest BCUT2D eigenvalue weighted by molar-refractivity contribution is 6.29. The van der Waals surface area contributed by atoms with Crippen LogP contribution in [0, 0.1) is 5.82 Å². The number of ether oxygens (including phenoxy) is 2. The number of aryl methyl sites for hydroxylation is 1. The summed E-state index contributed by atoms with van der Waals surface area (Å²) in [6.45, 7) is 0.555. The minimum Gasteiger partial charge on any atom is -0.477 e. The first-order chi connectivity index (χ1) is 20.2. The van der Waals surface area contributed by atoms with Crippen LogP contribution in [-0.4, -0.2) is 73.1 Å². The van der Waals surface area contributed by atoms with E-state index in [4.69, 9.17) is 22.1 Å². The van der Waals surface area contributed by atoms with Gasteiger partial charge in [-0.2, -0.15) is 13.9 Å². The topological polar surface area (TPSA) is 129 Å². The fourth-order valence-corrected chi connectivity index (χ4v) is 4.72. The van der Waals surface area contributed by atoms with Crippen molar-refractivity contribution >= 4 is 23.1 Å². The Balaban J connectivity index is 1.22. The van der Waals surface area contributed by atoms with E-state index in [1.54, 1.807) is 42.5 Å². The molecule has 1 aliphatic heterocycles. The molecule has 5 heterocycles. The first-order valence-corrected chi connectivity index (χ1v) is 13.5. The van der Waals surface area contributed by atoms with Crippen LogP contribution in [0.4, 0.5) is 24.7 Å². The molecule has 1 saturated heterocycles. The lowest BCUT2D eigenvalue weighted by molar-refractivity contribution is -0.197. The highest BCUT2D eigenvalue weighted by Gasteiger charge is 2.30. The number of likely N-dealkylation sites (tertiary alicyclic amines) is 1. The van der Waals surface area contributed by atoms with Gasteiger partial charge >= 0.3 is 6.61 Å². The van der Waals surface area contributed by atoms with Crippen LogP contribution in [-0.2, 0) is 18.3 Å². The van der Waals surface area contributed by atoms with Crippen molar-refractivity contribution in [2.45, 2.75) is 38.6 Å². The molecule has 3 N–H and O–H groups in total. The number of nitrogens with two attached hydrogens (primary N) is 1. The van der Waals surface area contributed by atoms with Crippen molar-refractivity contribution in [3.05, 3.63) is 59.5 Å². The zero-order valence-corrected chi connectivity index (χ0v) is 23.6. The summed E-state index contributed by atoms with van der Waals surface area (Å²) in [7, 11) is 1.76. The van der Waals surface area contributed by atoms with Crippen LogP contribution in [0.1, 0.15) is 18.9 Å². The normalized spacial score (nSPS) is 14.6. The van der Waals surface area contributed by atoms with Gasteiger partial charge in [0.25, 0.3) is 0 Å². The molecule has 11 nitrogen and oxygen atoms in total. The molecule has 222 valence electrons. The second kappa shape index (κ2) is 12.9. The molecule has 15 heteroatoms. The zero-order valence-electron chi connectivity index (χ0n) is 22.8. The Hall–Kier alpha value is -4.01. The van der Waals surface area contributed by atoms with Crippen molar-refractivity contribution in [1.82, 2.24) is 34.6 Å². The van der Waals surface area contributed by atoms with E-state index in [1.807, 2.05) is 11.8 Å². The van der Waals surface area contributed by atoms with E-state index in [2.05, 4.69) is 35.1 Å². The van der Waals surface area contributed by atoms with Crippen LogP contribution in [0.15, 0.2) is 43.0 Å². The highest BCUT2D eigenvalue weighted by Crippen LogP contribution is 2.32. The van der Waals surface area contributed by atoms with E-state index in [-0.39, 0.29) is 16.9 Å². The Morgan fingerprint density at radius 3 is 2.69 bits per heavy atom. The maximum absolute atomic E-state index is 15.2. The number of rotatable bonds is 12. The molecule has 0 aliphatic carbocycles. The molecular weight excluding hydrogens is 575 g/mol. The maximum atomic E-state index is 15.2. The third kappa shape index (κ3) is 7.06. The molecule has 0 spiro atoms. The molecule has 1 fully saturated rings. The largest absolute Gasteiger partial charge is 0.477 e. The van der Waals surface area contributed by atoms with Gasteiger partial charge in [-0.25, -0.2) is 24.0 Å². The lowest BCUT2D eigenvalue weighted by Gasteiger charge is -2.38. The first kappa shape index (κ1) is 29.5. The number of hydrogen-bond acceptors (Lipinski definition) is 10. The molecule has 0 radical (unpaired) electrons. The van der Waals surface area contributed by atoms with Crippen molar-refractivity contribution in [1.29, 1.82) is 0 Å². The second-order valence-electron chi connectivity index (χ2n) is 9.91. The summed E-state index contributed by atoms with van der Waals surface area (Å²) in [4.78, 5) is 18.8. The van der Waals surface area contributed by atoms with E-state index in [9.17, 15) is 8.78 Å². The third-order valence-corrected chi connectivity index (χ3v) is 6.85. The van der Waals surface area contributed by atoms with E-state index < -0.39 is 18.5 Å². The van der Waals surface area contributed by atoms with E-state index in [0.29, 0.717) is 72.6 Å². The van der Waals surface area contributed by atoms with Crippen molar-refractivity contribution in [3.8, 4) is 28.5 Å². The van der Waals surface area contributed by atoms with Gasteiger partial charge in [-0.1, -0.05) is 11.6 Å². The number of hydrogen-bond donors (Lipinski definition) is 2. The molecule has 1 atom stereocenters. The minimum absolute atomic E-state index is 0.109. The summed E-state index contributed by atoms with van der Waals surface area (Å²) in [5, 5.41) is 7.84. The van der Waals surface area contributed by atoms with Crippen molar-refractivity contribution in [2.75, 3.05) is 30.7 Å². The van der Waals surface area contributed by atoms with Crippen LogP contribution in [0.25, 0.3) is 22.6 Å². The third-order valence-electron chi connectivity index (χ3n) is 6.64. The summed E-state index contributed by atoms with van der Waals surface area (Å²) in [6, 6.07) is 4.49. The first-order valence-electron chi connectivity index (χ1n) is 13.1. The zero-order chi connectivity index (χ0) is 29.8. The monoisotopic (exact) mass is 603 g/mol. The Kier molecular flexibility index (Phi) is 9.04. The summed E-state index contributed by atoms with van der Waals surface area (Å²) < 4.78 is 52.0. The number of pyridine rings is 2. The molecule has 1 aliphatic rings.